The molecule has 1 fully saturated rings. The highest BCUT2D eigenvalue weighted by atomic mass is 16.6. The molecule has 132 valence electrons. The molecule has 2 amide bonds. The van der Waals surface area contributed by atoms with Crippen molar-refractivity contribution in [2.24, 2.45) is 0 Å². The lowest BCUT2D eigenvalue weighted by atomic mass is 10.0. The fourth-order valence-electron chi connectivity index (χ4n) is 2.78. The van der Waals surface area contributed by atoms with Gasteiger partial charge < -0.3 is 10.1 Å². The van der Waals surface area contributed by atoms with Gasteiger partial charge in [0.25, 0.3) is 0 Å². The third kappa shape index (κ3) is 4.73. The van der Waals surface area contributed by atoms with Gasteiger partial charge in [0.2, 0.25) is 5.91 Å². The molecule has 2 rings (SSSR count). The fourth-order valence-corrected chi connectivity index (χ4v) is 2.78. The van der Waals surface area contributed by atoms with Gasteiger partial charge in [-0.2, -0.15) is 0 Å². The summed E-state index contributed by atoms with van der Waals surface area (Å²) >= 11 is 0. The Bertz CT molecular complexity index is 605. The minimum absolute atomic E-state index is 0.153. The molecule has 0 saturated carbocycles. The van der Waals surface area contributed by atoms with E-state index >= 15 is 0 Å². The van der Waals surface area contributed by atoms with Crippen LogP contribution in [0, 0.1) is 0 Å². The van der Waals surface area contributed by atoms with Crippen molar-refractivity contribution in [1.29, 1.82) is 0 Å². The Labute approximate surface area is 144 Å². The van der Waals surface area contributed by atoms with Crippen molar-refractivity contribution in [3.8, 4) is 0 Å². The van der Waals surface area contributed by atoms with Crippen LogP contribution in [0.4, 0.5) is 10.5 Å². The van der Waals surface area contributed by atoms with Gasteiger partial charge >= 0.3 is 6.09 Å². The van der Waals surface area contributed by atoms with E-state index in [1.54, 1.807) is 0 Å². The molecule has 1 aliphatic heterocycles. The molecule has 5 heteroatoms. The van der Waals surface area contributed by atoms with E-state index in [1.165, 1.54) is 10.5 Å². The highest BCUT2D eigenvalue weighted by Gasteiger charge is 2.36. The maximum atomic E-state index is 12.6. The molecule has 1 saturated heterocycles. The van der Waals surface area contributed by atoms with E-state index in [-0.39, 0.29) is 5.91 Å². The zero-order valence-electron chi connectivity index (χ0n) is 15.3. The Hall–Kier alpha value is -2.04. The quantitative estimate of drug-likeness (QED) is 0.904. The van der Waals surface area contributed by atoms with Gasteiger partial charge in [0, 0.05) is 12.2 Å². The molecular weight excluding hydrogens is 304 g/mol. The number of hydrogen-bond acceptors (Lipinski definition) is 3. The summed E-state index contributed by atoms with van der Waals surface area (Å²) < 4.78 is 5.41. The molecule has 1 aromatic carbocycles. The Kier molecular flexibility index (Phi) is 5.52. The number of rotatable bonds is 3. The standard InChI is InChI=1S/C19H28N2O3/c1-13(2)14-8-6-9-15(12-14)20-17(22)16-10-7-11-21(16)18(23)24-19(3,4)5/h6,8-9,12-13,16H,7,10-11H2,1-5H3,(H,20,22)/t16-/m0/s1. The molecule has 0 bridgehead atoms. The normalized spacial score (nSPS) is 17.9. The van der Waals surface area contributed by atoms with Gasteiger partial charge in [0.1, 0.15) is 11.6 Å². The van der Waals surface area contributed by atoms with Crippen molar-refractivity contribution in [3.05, 3.63) is 29.8 Å². The second kappa shape index (κ2) is 7.24. The maximum Gasteiger partial charge on any atom is 0.410 e. The van der Waals surface area contributed by atoms with Gasteiger partial charge in [-0.15, -0.1) is 0 Å². The molecule has 1 aromatic rings. The lowest BCUT2D eigenvalue weighted by Gasteiger charge is -2.28. The second-order valence-electron chi connectivity index (χ2n) is 7.60. The van der Waals surface area contributed by atoms with Crippen LogP contribution in [0.15, 0.2) is 24.3 Å². The minimum Gasteiger partial charge on any atom is -0.444 e. The van der Waals surface area contributed by atoms with Crippen LogP contribution in [0.3, 0.4) is 0 Å². The minimum atomic E-state index is -0.563. The second-order valence-corrected chi connectivity index (χ2v) is 7.60. The van der Waals surface area contributed by atoms with Crippen molar-refractivity contribution < 1.29 is 14.3 Å². The molecule has 5 nitrogen and oxygen atoms in total. The number of carbonyl (C=O) groups excluding carboxylic acids is 2. The van der Waals surface area contributed by atoms with Crippen LogP contribution in [-0.4, -0.2) is 35.1 Å². The summed E-state index contributed by atoms with van der Waals surface area (Å²) in [4.78, 5) is 26.4. The number of benzene rings is 1. The Morgan fingerprint density at radius 1 is 1.29 bits per heavy atom. The lowest BCUT2D eigenvalue weighted by molar-refractivity contribution is -0.120. The summed E-state index contributed by atoms with van der Waals surface area (Å²) in [6.07, 6.45) is 1.05. The number of nitrogens with zero attached hydrogens (tertiary/aromatic N) is 1. The van der Waals surface area contributed by atoms with Crippen LogP contribution in [0.2, 0.25) is 0 Å². The SMILES string of the molecule is CC(C)c1cccc(NC(=O)[C@@H]2CCCN2C(=O)OC(C)(C)C)c1. The van der Waals surface area contributed by atoms with E-state index in [1.807, 2.05) is 45.0 Å². The predicted molar refractivity (Wildman–Crippen MR) is 95.1 cm³/mol. The van der Waals surface area contributed by atoms with E-state index in [0.29, 0.717) is 18.9 Å². The van der Waals surface area contributed by atoms with Crippen molar-refractivity contribution in [2.45, 2.75) is 65.0 Å². The molecule has 1 N–H and O–H groups in total. The average molecular weight is 332 g/mol. The van der Waals surface area contributed by atoms with E-state index in [0.717, 1.165) is 12.1 Å². The highest BCUT2D eigenvalue weighted by molar-refractivity contribution is 5.96. The maximum absolute atomic E-state index is 12.6. The van der Waals surface area contributed by atoms with Crippen molar-refractivity contribution in [2.75, 3.05) is 11.9 Å². The molecule has 0 radical (unpaired) electrons. The smallest absolute Gasteiger partial charge is 0.410 e. The third-order valence-corrected chi connectivity index (χ3v) is 4.00. The van der Waals surface area contributed by atoms with Crippen LogP contribution in [0.25, 0.3) is 0 Å². The summed E-state index contributed by atoms with van der Waals surface area (Å²) in [6.45, 7) is 10.3. The lowest BCUT2D eigenvalue weighted by Crippen LogP contribution is -2.45. The molecular formula is C19H28N2O3. The van der Waals surface area contributed by atoms with Crippen LogP contribution in [0.5, 0.6) is 0 Å². The first kappa shape index (κ1) is 18.3. The Morgan fingerprint density at radius 2 is 2.00 bits per heavy atom. The summed E-state index contributed by atoms with van der Waals surface area (Å²) in [7, 11) is 0. The average Bonchev–Trinajstić information content (AvgIpc) is 2.95. The molecule has 1 aliphatic rings. The summed E-state index contributed by atoms with van der Waals surface area (Å²) in [5.41, 5.74) is 1.37. The number of ether oxygens (including phenoxy) is 1. The molecule has 0 unspecified atom stereocenters. The van der Waals surface area contributed by atoms with Gasteiger partial charge in [0.15, 0.2) is 0 Å². The molecule has 0 aromatic heterocycles. The summed E-state index contributed by atoms with van der Waals surface area (Å²) in [5, 5.41) is 2.94. The van der Waals surface area contributed by atoms with Gasteiger partial charge in [-0.3, -0.25) is 9.69 Å². The Balaban J connectivity index is 2.05. The number of hydrogen-bond donors (Lipinski definition) is 1. The first-order chi connectivity index (χ1) is 11.2. The van der Waals surface area contributed by atoms with E-state index in [9.17, 15) is 9.59 Å². The zero-order valence-corrected chi connectivity index (χ0v) is 15.3. The monoisotopic (exact) mass is 332 g/mol. The summed E-state index contributed by atoms with van der Waals surface area (Å²) in [5.74, 6) is 0.242. The zero-order chi connectivity index (χ0) is 17.9. The largest absolute Gasteiger partial charge is 0.444 e. The van der Waals surface area contributed by atoms with Gasteiger partial charge in [-0.1, -0.05) is 26.0 Å². The highest BCUT2D eigenvalue weighted by Crippen LogP contribution is 2.23. The summed E-state index contributed by atoms with van der Waals surface area (Å²) in [6, 6.07) is 7.36. The number of amides is 2. The Morgan fingerprint density at radius 3 is 2.62 bits per heavy atom. The van der Waals surface area contributed by atoms with Crippen molar-refractivity contribution >= 4 is 17.7 Å². The van der Waals surface area contributed by atoms with Crippen molar-refractivity contribution in [1.82, 2.24) is 4.90 Å². The molecule has 0 aliphatic carbocycles. The van der Waals surface area contributed by atoms with E-state index in [2.05, 4.69) is 19.2 Å². The number of nitrogens with one attached hydrogen (secondary N) is 1. The van der Waals surface area contributed by atoms with Crippen LogP contribution < -0.4 is 5.32 Å². The van der Waals surface area contributed by atoms with Crippen LogP contribution in [0.1, 0.15) is 58.9 Å². The van der Waals surface area contributed by atoms with Crippen LogP contribution >= 0.6 is 0 Å². The first-order valence-corrected chi connectivity index (χ1v) is 8.58. The van der Waals surface area contributed by atoms with Gasteiger partial charge in [0.05, 0.1) is 0 Å². The molecule has 1 atom stereocenters. The van der Waals surface area contributed by atoms with E-state index in [4.69, 9.17) is 4.74 Å². The number of anilines is 1. The first-order valence-electron chi connectivity index (χ1n) is 8.58. The number of likely N-dealkylation sites (tertiary alicyclic amines) is 1. The van der Waals surface area contributed by atoms with Gasteiger partial charge in [-0.05, 0) is 57.2 Å². The van der Waals surface area contributed by atoms with Crippen LogP contribution in [-0.2, 0) is 9.53 Å². The molecule has 24 heavy (non-hydrogen) atoms. The predicted octanol–water partition coefficient (Wildman–Crippen LogP) is 4.15. The van der Waals surface area contributed by atoms with Gasteiger partial charge in [-0.25, -0.2) is 4.79 Å². The topological polar surface area (TPSA) is 58.6 Å². The van der Waals surface area contributed by atoms with E-state index < -0.39 is 17.7 Å². The molecule has 1 heterocycles. The van der Waals surface area contributed by atoms with Crippen molar-refractivity contribution in [3.63, 3.8) is 0 Å². The number of carbonyl (C=O) groups is 2. The molecule has 0 spiro atoms. The fraction of sp³-hybridized carbons (Fsp3) is 0.579. The third-order valence-electron chi connectivity index (χ3n) is 4.00.